The highest BCUT2D eigenvalue weighted by Crippen LogP contribution is 2.27. The van der Waals surface area contributed by atoms with Crippen LogP contribution in [0, 0.1) is 13.8 Å². The van der Waals surface area contributed by atoms with Gasteiger partial charge in [0.15, 0.2) is 0 Å². The maximum Gasteiger partial charge on any atom is 0.323 e. The predicted molar refractivity (Wildman–Crippen MR) is 77.6 cm³/mol. The topological polar surface area (TPSA) is 92.9 Å². The third-order valence-electron chi connectivity index (χ3n) is 4.11. The van der Waals surface area contributed by atoms with Gasteiger partial charge < -0.3 is 19.3 Å². The largest absolute Gasteiger partial charge is 0.480 e. The first-order valence-electron chi connectivity index (χ1n) is 7.44. The minimum Gasteiger partial charge on any atom is -0.480 e. The Bertz CT molecular complexity index is 529. The second-order valence-electron chi connectivity index (χ2n) is 5.66. The maximum atomic E-state index is 12.8. The van der Waals surface area contributed by atoms with Crippen molar-refractivity contribution in [2.75, 3.05) is 19.8 Å². The molecule has 1 atom stereocenters. The molecule has 1 unspecified atom stereocenters. The van der Waals surface area contributed by atoms with Crippen molar-refractivity contribution >= 4 is 11.9 Å². The Labute approximate surface area is 129 Å². The SMILES string of the molecule is Cc1noc(C)c1C(C)C(=O)N(CC(=O)O)C1CCOCC1. The highest BCUT2D eigenvalue weighted by Gasteiger charge is 2.33. The molecule has 22 heavy (non-hydrogen) atoms. The van der Waals surface area contributed by atoms with Crippen molar-refractivity contribution in [2.45, 2.75) is 45.6 Å². The number of nitrogens with zero attached hydrogens (tertiary/aromatic N) is 2. The van der Waals surface area contributed by atoms with Crippen LogP contribution in [-0.2, 0) is 14.3 Å². The molecule has 1 aliphatic heterocycles. The molecule has 1 aliphatic rings. The number of carbonyl (C=O) groups is 2. The van der Waals surface area contributed by atoms with E-state index in [-0.39, 0.29) is 18.5 Å². The lowest BCUT2D eigenvalue weighted by Crippen LogP contribution is -2.47. The summed E-state index contributed by atoms with van der Waals surface area (Å²) < 4.78 is 10.4. The molecule has 0 radical (unpaired) electrons. The lowest BCUT2D eigenvalue weighted by molar-refractivity contribution is -0.148. The van der Waals surface area contributed by atoms with E-state index in [0.717, 1.165) is 5.56 Å². The van der Waals surface area contributed by atoms with Gasteiger partial charge in [-0.05, 0) is 33.6 Å². The molecule has 2 heterocycles. The van der Waals surface area contributed by atoms with Gasteiger partial charge in [-0.25, -0.2) is 0 Å². The van der Waals surface area contributed by atoms with Crippen LogP contribution in [0.15, 0.2) is 4.52 Å². The van der Waals surface area contributed by atoms with E-state index >= 15 is 0 Å². The van der Waals surface area contributed by atoms with Gasteiger partial charge in [0, 0.05) is 24.8 Å². The second-order valence-corrected chi connectivity index (χ2v) is 5.66. The molecule has 0 aliphatic carbocycles. The molecule has 1 N–H and O–H groups in total. The fourth-order valence-corrected chi connectivity index (χ4v) is 3.01. The summed E-state index contributed by atoms with van der Waals surface area (Å²) in [7, 11) is 0. The van der Waals surface area contributed by atoms with Gasteiger partial charge in [0.05, 0.1) is 11.6 Å². The van der Waals surface area contributed by atoms with E-state index in [1.54, 1.807) is 20.8 Å². The number of aliphatic carboxylic acids is 1. The Morgan fingerprint density at radius 1 is 1.36 bits per heavy atom. The summed E-state index contributed by atoms with van der Waals surface area (Å²) in [5.74, 6) is -1.09. The van der Waals surface area contributed by atoms with E-state index in [9.17, 15) is 9.59 Å². The monoisotopic (exact) mass is 310 g/mol. The quantitative estimate of drug-likeness (QED) is 0.885. The van der Waals surface area contributed by atoms with Crippen LogP contribution in [-0.4, -0.2) is 52.8 Å². The van der Waals surface area contributed by atoms with Crippen molar-refractivity contribution in [2.24, 2.45) is 0 Å². The van der Waals surface area contributed by atoms with Gasteiger partial charge in [0.1, 0.15) is 12.3 Å². The summed E-state index contributed by atoms with van der Waals surface area (Å²) in [4.78, 5) is 25.4. The first-order chi connectivity index (χ1) is 10.4. The zero-order valence-electron chi connectivity index (χ0n) is 13.2. The molecule has 2 rings (SSSR count). The minimum absolute atomic E-state index is 0.0970. The summed E-state index contributed by atoms with van der Waals surface area (Å²) >= 11 is 0. The smallest absolute Gasteiger partial charge is 0.323 e. The zero-order valence-corrected chi connectivity index (χ0v) is 13.2. The Hall–Kier alpha value is -1.89. The first kappa shape index (κ1) is 16.5. The molecule has 0 bridgehead atoms. The van der Waals surface area contributed by atoms with Crippen LogP contribution in [0.5, 0.6) is 0 Å². The number of hydrogen-bond acceptors (Lipinski definition) is 5. The van der Waals surface area contributed by atoms with Gasteiger partial charge in [0.25, 0.3) is 0 Å². The number of carbonyl (C=O) groups excluding carboxylic acids is 1. The number of carboxylic acid groups (broad SMARTS) is 1. The Morgan fingerprint density at radius 2 is 2.00 bits per heavy atom. The average molecular weight is 310 g/mol. The normalized spacial score (nSPS) is 17.2. The van der Waals surface area contributed by atoms with Crippen molar-refractivity contribution in [3.63, 3.8) is 0 Å². The van der Waals surface area contributed by atoms with E-state index in [1.807, 2.05) is 0 Å². The van der Waals surface area contributed by atoms with E-state index in [4.69, 9.17) is 14.4 Å². The molecule has 0 saturated carbocycles. The zero-order chi connectivity index (χ0) is 16.3. The van der Waals surface area contributed by atoms with Gasteiger partial charge in [0.2, 0.25) is 5.91 Å². The number of aryl methyl sites for hydroxylation is 2. The van der Waals surface area contributed by atoms with Crippen molar-refractivity contribution in [1.82, 2.24) is 10.1 Å². The summed E-state index contributed by atoms with van der Waals surface area (Å²) in [5.41, 5.74) is 1.41. The summed E-state index contributed by atoms with van der Waals surface area (Å²) in [6, 6.07) is -0.0970. The van der Waals surface area contributed by atoms with Crippen LogP contribution in [0.1, 0.15) is 42.7 Å². The molecule has 1 saturated heterocycles. The molecule has 1 aromatic heterocycles. The fraction of sp³-hybridized carbons (Fsp3) is 0.667. The molecule has 1 amide bonds. The van der Waals surface area contributed by atoms with Crippen molar-refractivity contribution in [3.8, 4) is 0 Å². The second kappa shape index (κ2) is 6.91. The summed E-state index contributed by atoms with van der Waals surface area (Å²) in [5, 5.41) is 13.0. The fourth-order valence-electron chi connectivity index (χ4n) is 3.01. The molecular formula is C15H22N2O5. The number of rotatable bonds is 5. The third kappa shape index (κ3) is 3.47. The lowest BCUT2D eigenvalue weighted by Gasteiger charge is -2.34. The van der Waals surface area contributed by atoms with Crippen molar-refractivity contribution in [1.29, 1.82) is 0 Å². The highest BCUT2D eigenvalue weighted by molar-refractivity contribution is 5.87. The summed E-state index contributed by atoms with van der Waals surface area (Å²) in [6.07, 6.45) is 1.32. The van der Waals surface area contributed by atoms with Crippen molar-refractivity contribution in [3.05, 3.63) is 17.0 Å². The highest BCUT2D eigenvalue weighted by atomic mass is 16.5. The summed E-state index contributed by atoms with van der Waals surface area (Å²) in [6.45, 7) is 6.11. The van der Waals surface area contributed by atoms with Crippen LogP contribution in [0.2, 0.25) is 0 Å². The number of aromatic nitrogens is 1. The van der Waals surface area contributed by atoms with Gasteiger partial charge in [-0.15, -0.1) is 0 Å². The molecule has 1 aromatic rings. The third-order valence-corrected chi connectivity index (χ3v) is 4.11. The molecule has 1 fully saturated rings. The Kier molecular flexibility index (Phi) is 5.18. The van der Waals surface area contributed by atoms with Gasteiger partial charge in [-0.2, -0.15) is 0 Å². The van der Waals surface area contributed by atoms with E-state index in [0.29, 0.717) is 37.5 Å². The van der Waals surface area contributed by atoms with Crippen LogP contribution >= 0.6 is 0 Å². The number of ether oxygens (including phenoxy) is 1. The van der Waals surface area contributed by atoms with Crippen LogP contribution < -0.4 is 0 Å². The van der Waals surface area contributed by atoms with Crippen LogP contribution in [0.3, 0.4) is 0 Å². The van der Waals surface area contributed by atoms with Crippen molar-refractivity contribution < 1.29 is 24.0 Å². The van der Waals surface area contributed by atoms with Gasteiger partial charge >= 0.3 is 5.97 Å². The molecule has 7 nitrogen and oxygen atoms in total. The molecule has 7 heteroatoms. The maximum absolute atomic E-state index is 12.8. The molecular weight excluding hydrogens is 288 g/mol. The Morgan fingerprint density at radius 3 is 2.50 bits per heavy atom. The number of carboxylic acids is 1. The van der Waals surface area contributed by atoms with Crippen LogP contribution in [0.4, 0.5) is 0 Å². The lowest BCUT2D eigenvalue weighted by atomic mass is 9.96. The van der Waals surface area contributed by atoms with Crippen LogP contribution in [0.25, 0.3) is 0 Å². The Balaban J connectivity index is 2.22. The number of amides is 1. The first-order valence-corrected chi connectivity index (χ1v) is 7.44. The average Bonchev–Trinajstić information content (AvgIpc) is 2.83. The van der Waals surface area contributed by atoms with Gasteiger partial charge in [-0.3, -0.25) is 9.59 Å². The van der Waals surface area contributed by atoms with E-state index in [2.05, 4.69) is 5.16 Å². The minimum atomic E-state index is -1.01. The standard InChI is InChI=1S/C15H22N2O5/c1-9(14-10(2)16-22-11(14)3)15(20)17(8-13(18)19)12-4-6-21-7-5-12/h9,12H,4-8H2,1-3H3,(H,18,19). The predicted octanol–water partition coefficient (Wildman–Crippen LogP) is 1.49. The van der Waals surface area contributed by atoms with Gasteiger partial charge in [-0.1, -0.05) is 5.16 Å². The number of hydrogen-bond donors (Lipinski definition) is 1. The molecule has 0 spiro atoms. The molecule has 0 aromatic carbocycles. The van der Waals surface area contributed by atoms with E-state index < -0.39 is 11.9 Å². The van der Waals surface area contributed by atoms with E-state index in [1.165, 1.54) is 4.90 Å². The molecule has 122 valence electrons.